The average Bonchev–Trinajstić information content (AvgIpc) is 3.42. The normalized spacial score (nSPS) is 15.5. The van der Waals surface area contributed by atoms with Gasteiger partial charge < -0.3 is 19.0 Å². The highest BCUT2D eigenvalue weighted by Crippen LogP contribution is 2.45. The standard InChI is InChI=1S/C28H21Cl2NO6/c1-14-6-4-5-7-18(14)24-23(25(32)21-11-15-10-16(29)12-22(36-3)27(15)37-21)26(33)28(34)31(24)17-8-9-20(35-2)19(30)13-17/h4-13,24,33H,1-3H3. The van der Waals surface area contributed by atoms with Crippen molar-refractivity contribution in [1.29, 1.82) is 0 Å². The minimum atomic E-state index is -0.940. The van der Waals surface area contributed by atoms with E-state index in [1.807, 2.05) is 19.1 Å². The van der Waals surface area contributed by atoms with E-state index in [1.165, 1.54) is 25.2 Å². The predicted molar refractivity (Wildman–Crippen MR) is 141 cm³/mol. The molecule has 188 valence electrons. The van der Waals surface area contributed by atoms with Crippen LogP contribution >= 0.6 is 23.2 Å². The molecule has 2 heterocycles. The lowest BCUT2D eigenvalue weighted by Crippen LogP contribution is -2.31. The molecule has 1 amide bonds. The molecule has 0 aliphatic carbocycles. The van der Waals surface area contributed by atoms with E-state index in [1.54, 1.807) is 42.5 Å². The van der Waals surface area contributed by atoms with E-state index >= 15 is 0 Å². The zero-order valence-corrected chi connectivity index (χ0v) is 21.6. The summed E-state index contributed by atoms with van der Waals surface area (Å²) in [7, 11) is 2.95. The van der Waals surface area contributed by atoms with Gasteiger partial charge >= 0.3 is 0 Å². The molecule has 1 aromatic heterocycles. The van der Waals surface area contributed by atoms with Crippen LogP contribution < -0.4 is 14.4 Å². The number of aliphatic hydroxyl groups is 1. The number of rotatable bonds is 6. The second-order valence-electron chi connectivity index (χ2n) is 8.48. The predicted octanol–water partition coefficient (Wildman–Crippen LogP) is 6.85. The van der Waals surface area contributed by atoms with Crippen LogP contribution in [0.15, 0.2) is 76.4 Å². The third-order valence-electron chi connectivity index (χ3n) is 6.34. The minimum Gasteiger partial charge on any atom is -0.503 e. The van der Waals surface area contributed by atoms with E-state index < -0.39 is 23.5 Å². The van der Waals surface area contributed by atoms with Gasteiger partial charge in [-0.2, -0.15) is 0 Å². The van der Waals surface area contributed by atoms with Crippen LogP contribution in [-0.2, 0) is 4.79 Å². The average molecular weight is 538 g/mol. The van der Waals surface area contributed by atoms with Crippen molar-refractivity contribution in [1.82, 2.24) is 0 Å². The highest BCUT2D eigenvalue weighted by atomic mass is 35.5. The molecule has 9 heteroatoms. The molecule has 4 aromatic rings. The van der Waals surface area contributed by atoms with Crippen molar-refractivity contribution >= 4 is 51.5 Å². The summed E-state index contributed by atoms with van der Waals surface area (Å²) in [5.74, 6) is -1.35. The first-order valence-electron chi connectivity index (χ1n) is 11.2. The number of ketones is 1. The molecule has 0 radical (unpaired) electrons. The third-order valence-corrected chi connectivity index (χ3v) is 6.85. The first kappa shape index (κ1) is 24.7. The molecule has 3 aromatic carbocycles. The van der Waals surface area contributed by atoms with Crippen LogP contribution in [0.4, 0.5) is 5.69 Å². The van der Waals surface area contributed by atoms with E-state index in [4.69, 9.17) is 37.1 Å². The number of hydrogen-bond acceptors (Lipinski definition) is 6. The Kier molecular flexibility index (Phi) is 6.35. The molecule has 0 saturated carbocycles. The van der Waals surface area contributed by atoms with Crippen LogP contribution in [0.25, 0.3) is 11.0 Å². The molecule has 1 atom stereocenters. The molecule has 0 spiro atoms. The van der Waals surface area contributed by atoms with Gasteiger partial charge in [-0.1, -0.05) is 47.5 Å². The Morgan fingerprint density at radius 3 is 2.41 bits per heavy atom. The van der Waals surface area contributed by atoms with Crippen molar-refractivity contribution in [3.05, 3.63) is 98.9 Å². The summed E-state index contributed by atoms with van der Waals surface area (Å²) < 4.78 is 16.4. The number of carbonyl (C=O) groups is 2. The number of ether oxygens (including phenoxy) is 2. The summed E-state index contributed by atoms with van der Waals surface area (Å²) in [4.78, 5) is 28.7. The van der Waals surface area contributed by atoms with Gasteiger partial charge in [0.2, 0.25) is 5.78 Å². The lowest BCUT2D eigenvalue weighted by atomic mass is 9.92. The SMILES string of the molecule is COc1ccc(N2C(=O)C(O)=C(C(=O)c3cc4cc(Cl)cc(OC)c4o3)C2c2ccccc2C)cc1Cl. The number of amides is 1. The number of furan rings is 1. The molecule has 0 fully saturated rings. The van der Waals surface area contributed by atoms with Gasteiger partial charge in [-0.3, -0.25) is 14.5 Å². The van der Waals surface area contributed by atoms with Gasteiger partial charge in [0, 0.05) is 22.2 Å². The molecule has 5 rings (SSSR count). The number of methoxy groups -OCH3 is 2. The Labute approximate surface area is 222 Å². The quantitative estimate of drug-likeness (QED) is 0.270. The van der Waals surface area contributed by atoms with Crippen molar-refractivity contribution in [2.75, 3.05) is 19.1 Å². The van der Waals surface area contributed by atoms with E-state index in [0.29, 0.717) is 38.7 Å². The molecule has 0 saturated heterocycles. The van der Waals surface area contributed by atoms with Gasteiger partial charge in [0.25, 0.3) is 5.91 Å². The number of nitrogens with zero attached hydrogens (tertiary/aromatic N) is 1. The summed E-state index contributed by atoms with van der Waals surface area (Å²) in [6.07, 6.45) is 0. The Hall–Kier alpha value is -3.94. The largest absolute Gasteiger partial charge is 0.503 e. The Morgan fingerprint density at radius 2 is 1.73 bits per heavy atom. The molecule has 1 aliphatic rings. The molecule has 0 bridgehead atoms. The van der Waals surface area contributed by atoms with E-state index in [-0.39, 0.29) is 16.4 Å². The van der Waals surface area contributed by atoms with Gasteiger partial charge in [0.05, 0.1) is 30.9 Å². The first-order chi connectivity index (χ1) is 17.7. The number of aryl methyl sites for hydroxylation is 1. The van der Waals surface area contributed by atoms with Gasteiger partial charge in [-0.05, 0) is 48.4 Å². The molecule has 1 N–H and O–H groups in total. The number of halogens is 2. The van der Waals surface area contributed by atoms with E-state index in [2.05, 4.69) is 0 Å². The highest BCUT2D eigenvalue weighted by Gasteiger charge is 2.46. The number of carbonyl (C=O) groups excluding carboxylic acids is 2. The zero-order chi connectivity index (χ0) is 26.4. The Morgan fingerprint density at radius 1 is 1.00 bits per heavy atom. The maximum absolute atomic E-state index is 13.9. The second-order valence-corrected chi connectivity index (χ2v) is 9.33. The third kappa shape index (κ3) is 4.10. The molecule has 1 unspecified atom stereocenters. The van der Waals surface area contributed by atoms with Gasteiger partial charge in [-0.15, -0.1) is 0 Å². The van der Waals surface area contributed by atoms with Crippen molar-refractivity contribution in [3.63, 3.8) is 0 Å². The fourth-order valence-electron chi connectivity index (χ4n) is 4.58. The van der Waals surface area contributed by atoms with Crippen molar-refractivity contribution in [3.8, 4) is 11.5 Å². The fourth-order valence-corrected chi connectivity index (χ4v) is 5.05. The second kappa shape index (κ2) is 9.50. The van der Waals surface area contributed by atoms with E-state index in [9.17, 15) is 14.7 Å². The highest BCUT2D eigenvalue weighted by molar-refractivity contribution is 6.32. The molecule has 37 heavy (non-hydrogen) atoms. The lowest BCUT2D eigenvalue weighted by Gasteiger charge is -2.28. The maximum atomic E-state index is 13.9. The number of aliphatic hydroxyl groups excluding tert-OH is 1. The number of fused-ring (bicyclic) bond motifs is 1. The van der Waals surface area contributed by atoms with Crippen LogP contribution in [0.2, 0.25) is 10.0 Å². The summed E-state index contributed by atoms with van der Waals surface area (Å²) in [5, 5.41) is 12.3. The monoisotopic (exact) mass is 537 g/mol. The summed E-state index contributed by atoms with van der Waals surface area (Å²) >= 11 is 12.5. The lowest BCUT2D eigenvalue weighted by molar-refractivity contribution is -0.117. The van der Waals surface area contributed by atoms with Crippen LogP contribution in [0, 0.1) is 6.92 Å². The molecule has 7 nitrogen and oxygen atoms in total. The zero-order valence-electron chi connectivity index (χ0n) is 20.0. The van der Waals surface area contributed by atoms with Crippen LogP contribution in [0.3, 0.4) is 0 Å². The molecular formula is C28H21Cl2NO6. The van der Waals surface area contributed by atoms with Crippen LogP contribution in [-0.4, -0.2) is 31.0 Å². The summed E-state index contributed by atoms with van der Waals surface area (Å²) in [5.41, 5.74) is 2.08. The number of anilines is 1. The Bertz CT molecular complexity index is 1610. The number of benzene rings is 3. The fraction of sp³-hybridized carbons (Fsp3) is 0.143. The first-order valence-corrected chi connectivity index (χ1v) is 12.0. The van der Waals surface area contributed by atoms with Crippen LogP contribution in [0.1, 0.15) is 27.7 Å². The number of hydrogen-bond donors (Lipinski definition) is 1. The van der Waals surface area contributed by atoms with Crippen molar-refractivity contribution in [2.45, 2.75) is 13.0 Å². The smallest absolute Gasteiger partial charge is 0.294 e. The number of Topliss-reactive ketones (excluding diaryl/α,β-unsaturated/α-hetero) is 1. The summed E-state index contributed by atoms with van der Waals surface area (Å²) in [6, 6.07) is 15.9. The van der Waals surface area contributed by atoms with Crippen molar-refractivity contribution < 1.29 is 28.6 Å². The molecule has 1 aliphatic heterocycles. The van der Waals surface area contributed by atoms with Crippen molar-refractivity contribution in [2.24, 2.45) is 0 Å². The van der Waals surface area contributed by atoms with Gasteiger partial charge in [0.1, 0.15) is 5.75 Å². The maximum Gasteiger partial charge on any atom is 0.294 e. The Balaban J connectivity index is 1.68. The van der Waals surface area contributed by atoms with Gasteiger partial charge in [0.15, 0.2) is 22.9 Å². The van der Waals surface area contributed by atoms with Crippen LogP contribution in [0.5, 0.6) is 11.5 Å². The molecular weight excluding hydrogens is 517 g/mol. The summed E-state index contributed by atoms with van der Waals surface area (Å²) in [6.45, 7) is 1.87. The van der Waals surface area contributed by atoms with Gasteiger partial charge in [-0.25, -0.2) is 0 Å². The van der Waals surface area contributed by atoms with E-state index in [0.717, 1.165) is 5.56 Å². The minimum absolute atomic E-state index is 0.0712. The topological polar surface area (TPSA) is 89.2 Å².